The number of aryl methyl sites for hydroxylation is 1. The second kappa shape index (κ2) is 6.11. The molecule has 0 atom stereocenters. The van der Waals surface area contributed by atoms with Gasteiger partial charge in [-0.2, -0.15) is 0 Å². The van der Waals surface area contributed by atoms with Crippen LogP contribution in [0.3, 0.4) is 0 Å². The zero-order valence-corrected chi connectivity index (χ0v) is 12.9. The van der Waals surface area contributed by atoms with E-state index in [1.807, 2.05) is 7.05 Å². The van der Waals surface area contributed by atoms with E-state index in [9.17, 15) is 0 Å². The highest BCUT2D eigenvalue weighted by Crippen LogP contribution is 2.35. The van der Waals surface area contributed by atoms with Crippen molar-refractivity contribution in [3.8, 4) is 0 Å². The third-order valence-corrected chi connectivity index (χ3v) is 5.07. The lowest BCUT2D eigenvalue weighted by Crippen LogP contribution is -2.16. The maximum Gasteiger partial charge on any atom is 0.134 e. The van der Waals surface area contributed by atoms with Crippen LogP contribution in [0.5, 0.6) is 0 Å². The summed E-state index contributed by atoms with van der Waals surface area (Å²) < 4.78 is 0. The minimum Gasteiger partial charge on any atom is -0.373 e. The van der Waals surface area contributed by atoms with Gasteiger partial charge in [-0.05, 0) is 44.4 Å². The Morgan fingerprint density at radius 3 is 2.45 bits per heavy atom. The molecule has 1 aromatic rings. The van der Waals surface area contributed by atoms with Gasteiger partial charge in [0.15, 0.2) is 0 Å². The van der Waals surface area contributed by atoms with E-state index < -0.39 is 0 Å². The monoisotopic (exact) mass is 273 g/mol. The first-order chi connectivity index (χ1) is 9.78. The summed E-state index contributed by atoms with van der Waals surface area (Å²) in [5.74, 6) is 3.69. The van der Waals surface area contributed by atoms with Gasteiger partial charge in [-0.25, -0.2) is 9.97 Å². The van der Waals surface area contributed by atoms with Crippen molar-refractivity contribution in [2.45, 2.75) is 70.6 Å². The van der Waals surface area contributed by atoms with E-state index in [1.165, 1.54) is 56.2 Å². The van der Waals surface area contributed by atoms with Crippen LogP contribution in [0.4, 0.5) is 5.82 Å². The van der Waals surface area contributed by atoms with Crippen LogP contribution >= 0.6 is 0 Å². The first kappa shape index (κ1) is 13.8. The molecule has 0 radical (unpaired) electrons. The molecular formula is C17H27N3. The number of aromatic nitrogens is 2. The summed E-state index contributed by atoms with van der Waals surface area (Å²) >= 11 is 0. The largest absolute Gasteiger partial charge is 0.373 e. The molecule has 1 aromatic heterocycles. The summed E-state index contributed by atoms with van der Waals surface area (Å²) in [4.78, 5) is 9.85. The quantitative estimate of drug-likeness (QED) is 0.825. The van der Waals surface area contributed by atoms with Gasteiger partial charge in [0.2, 0.25) is 0 Å². The van der Waals surface area contributed by atoms with Gasteiger partial charge in [-0.15, -0.1) is 0 Å². The average molecular weight is 273 g/mol. The lowest BCUT2D eigenvalue weighted by Gasteiger charge is -2.26. The Balaban J connectivity index is 1.90. The zero-order valence-electron chi connectivity index (χ0n) is 12.9. The normalized spacial score (nSPS) is 26.7. The van der Waals surface area contributed by atoms with Crippen LogP contribution in [0.25, 0.3) is 0 Å². The van der Waals surface area contributed by atoms with Crippen molar-refractivity contribution in [2.75, 3.05) is 12.4 Å². The molecule has 2 aliphatic rings. The van der Waals surface area contributed by atoms with Gasteiger partial charge in [0.1, 0.15) is 11.6 Å². The molecule has 0 amide bonds. The average Bonchev–Trinajstić information content (AvgIpc) is 2.72. The summed E-state index contributed by atoms with van der Waals surface area (Å²) in [6.45, 7) is 2.37. The second-order valence-corrected chi connectivity index (χ2v) is 6.62. The van der Waals surface area contributed by atoms with Gasteiger partial charge in [0.25, 0.3) is 0 Å². The number of hydrogen-bond acceptors (Lipinski definition) is 3. The van der Waals surface area contributed by atoms with Gasteiger partial charge in [-0.1, -0.05) is 26.2 Å². The predicted octanol–water partition coefficient (Wildman–Crippen LogP) is 4.08. The highest BCUT2D eigenvalue weighted by atomic mass is 15.0. The molecule has 0 unspecified atom stereocenters. The number of fused-ring (bicyclic) bond motifs is 1. The van der Waals surface area contributed by atoms with E-state index in [1.54, 1.807) is 0 Å². The molecule has 1 fully saturated rings. The van der Waals surface area contributed by atoms with E-state index in [-0.39, 0.29) is 0 Å². The van der Waals surface area contributed by atoms with Crippen LogP contribution in [-0.4, -0.2) is 17.0 Å². The Bertz CT molecular complexity index is 462. The van der Waals surface area contributed by atoms with E-state index in [0.717, 1.165) is 30.4 Å². The second-order valence-electron chi connectivity index (χ2n) is 6.62. The summed E-state index contributed by atoms with van der Waals surface area (Å²) in [6, 6.07) is 0. The van der Waals surface area contributed by atoms with Crippen molar-refractivity contribution in [3.05, 3.63) is 17.1 Å². The summed E-state index contributed by atoms with van der Waals surface area (Å²) in [6.07, 6.45) is 11.4. The van der Waals surface area contributed by atoms with Gasteiger partial charge in [0, 0.05) is 24.2 Å². The molecule has 3 heteroatoms. The molecular weight excluding hydrogens is 246 g/mol. The Morgan fingerprint density at radius 2 is 1.70 bits per heavy atom. The molecule has 0 bridgehead atoms. The fourth-order valence-corrected chi connectivity index (χ4v) is 3.70. The fourth-order valence-electron chi connectivity index (χ4n) is 3.70. The van der Waals surface area contributed by atoms with E-state index >= 15 is 0 Å². The molecule has 110 valence electrons. The predicted molar refractivity (Wildman–Crippen MR) is 83.2 cm³/mol. The van der Waals surface area contributed by atoms with Crippen molar-refractivity contribution in [1.29, 1.82) is 0 Å². The Morgan fingerprint density at radius 1 is 0.950 bits per heavy atom. The van der Waals surface area contributed by atoms with Crippen LogP contribution in [0.15, 0.2) is 0 Å². The number of hydrogen-bond donors (Lipinski definition) is 1. The summed E-state index contributed by atoms with van der Waals surface area (Å²) in [7, 11) is 2.00. The van der Waals surface area contributed by atoms with Crippen LogP contribution in [0, 0.1) is 5.92 Å². The van der Waals surface area contributed by atoms with Crippen molar-refractivity contribution in [1.82, 2.24) is 9.97 Å². The Kier molecular flexibility index (Phi) is 4.23. The standard InChI is InChI=1S/C17H27N3/c1-12-8-10-13(11-9-12)16-19-15-7-5-3-4-6-14(15)17(18-2)20-16/h12-13H,3-11H2,1-2H3,(H,18,19,20). The van der Waals surface area contributed by atoms with Gasteiger partial charge < -0.3 is 5.32 Å². The minimum atomic E-state index is 0.590. The smallest absolute Gasteiger partial charge is 0.134 e. The maximum absolute atomic E-state index is 4.98. The third kappa shape index (κ3) is 2.82. The summed E-state index contributed by atoms with van der Waals surface area (Å²) in [5, 5.41) is 3.32. The molecule has 1 N–H and O–H groups in total. The van der Waals surface area contributed by atoms with Crippen molar-refractivity contribution in [3.63, 3.8) is 0 Å². The highest BCUT2D eigenvalue weighted by molar-refractivity contribution is 5.47. The third-order valence-electron chi connectivity index (χ3n) is 5.07. The topological polar surface area (TPSA) is 37.8 Å². The van der Waals surface area contributed by atoms with Crippen molar-refractivity contribution >= 4 is 5.82 Å². The van der Waals surface area contributed by atoms with Crippen LogP contribution in [0.1, 0.15) is 74.9 Å². The van der Waals surface area contributed by atoms with Crippen LogP contribution < -0.4 is 5.32 Å². The molecule has 3 nitrogen and oxygen atoms in total. The minimum absolute atomic E-state index is 0.590. The molecule has 3 rings (SSSR count). The van der Waals surface area contributed by atoms with Crippen LogP contribution in [-0.2, 0) is 12.8 Å². The molecule has 1 saturated carbocycles. The first-order valence-corrected chi connectivity index (χ1v) is 8.35. The zero-order chi connectivity index (χ0) is 13.9. The molecule has 2 aliphatic carbocycles. The number of nitrogens with zero attached hydrogens (tertiary/aromatic N) is 2. The van der Waals surface area contributed by atoms with Gasteiger partial charge >= 0.3 is 0 Å². The molecule has 20 heavy (non-hydrogen) atoms. The van der Waals surface area contributed by atoms with Crippen LogP contribution in [0.2, 0.25) is 0 Å². The SMILES string of the molecule is CNc1nc(C2CCC(C)CC2)nc2c1CCCCC2. The number of rotatable bonds is 2. The Hall–Kier alpha value is -1.12. The molecule has 0 aromatic carbocycles. The van der Waals surface area contributed by atoms with E-state index in [4.69, 9.17) is 9.97 Å². The molecule has 1 heterocycles. The van der Waals surface area contributed by atoms with Crippen molar-refractivity contribution in [2.24, 2.45) is 5.92 Å². The molecule has 0 saturated heterocycles. The number of anilines is 1. The maximum atomic E-state index is 4.98. The summed E-state index contributed by atoms with van der Waals surface area (Å²) in [5.41, 5.74) is 2.72. The van der Waals surface area contributed by atoms with E-state index in [0.29, 0.717) is 5.92 Å². The molecule has 0 spiro atoms. The van der Waals surface area contributed by atoms with E-state index in [2.05, 4.69) is 12.2 Å². The number of nitrogens with one attached hydrogen (secondary N) is 1. The molecule has 0 aliphatic heterocycles. The lowest BCUT2D eigenvalue weighted by atomic mass is 9.82. The Labute approximate surface area is 122 Å². The van der Waals surface area contributed by atoms with Crippen molar-refractivity contribution < 1.29 is 0 Å². The lowest BCUT2D eigenvalue weighted by molar-refractivity contribution is 0.339. The fraction of sp³-hybridized carbons (Fsp3) is 0.765. The highest BCUT2D eigenvalue weighted by Gasteiger charge is 2.24. The van der Waals surface area contributed by atoms with Gasteiger partial charge in [-0.3, -0.25) is 0 Å². The van der Waals surface area contributed by atoms with Gasteiger partial charge in [0.05, 0.1) is 0 Å². The first-order valence-electron chi connectivity index (χ1n) is 8.35.